The van der Waals surface area contributed by atoms with Crippen molar-refractivity contribution >= 4 is 73.5 Å². The number of carboxylic acids is 1. The molecule has 2 aliphatic rings. The van der Waals surface area contributed by atoms with Crippen molar-refractivity contribution < 1.29 is 24.2 Å². The van der Waals surface area contributed by atoms with Gasteiger partial charge in [0.2, 0.25) is 0 Å². The van der Waals surface area contributed by atoms with Crippen molar-refractivity contribution in [2.75, 3.05) is 19.8 Å². The summed E-state index contributed by atoms with van der Waals surface area (Å²) in [6, 6.07) is 0. The van der Waals surface area contributed by atoms with Crippen LogP contribution < -0.4 is 0 Å². The van der Waals surface area contributed by atoms with Gasteiger partial charge in [-0.25, -0.2) is 0 Å². The first-order chi connectivity index (χ1) is 12.0. The Morgan fingerprint density at radius 3 is 2.88 bits per heavy atom. The molecule has 0 aromatic carbocycles. The van der Waals surface area contributed by atoms with Crippen molar-refractivity contribution in [1.82, 2.24) is 4.90 Å². The number of halogens is 1. The van der Waals surface area contributed by atoms with Gasteiger partial charge in [0.1, 0.15) is 4.32 Å². The molecule has 0 aliphatic carbocycles. The number of rotatable bonds is 6. The molecule has 1 amide bonds. The third-order valence-electron chi connectivity index (χ3n) is 3.58. The molecule has 25 heavy (non-hydrogen) atoms. The zero-order valence-corrected chi connectivity index (χ0v) is 16.9. The fourth-order valence-electron chi connectivity index (χ4n) is 2.43. The maximum Gasteiger partial charge on any atom is 0.303 e. The van der Waals surface area contributed by atoms with Crippen molar-refractivity contribution in [2.45, 2.75) is 19.1 Å². The summed E-state index contributed by atoms with van der Waals surface area (Å²) in [5, 5.41) is 10.7. The summed E-state index contributed by atoms with van der Waals surface area (Å²) in [6.07, 6.45) is 1.74. The lowest BCUT2D eigenvalue weighted by atomic mass is 10.2. The number of carbonyl (C=O) groups is 2. The molecule has 2 aliphatic heterocycles. The van der Waals surface area contributed by atoms with E-state index < -0.39 is 12.3 Å². The van der Waals surface area contributed by atoms with Gasteiger partial charge in [0.15, 0.2) is 6.29 Å². The van der Waals surface area contributed by atoms with E-state index in [0.29, 0.717) is 35.4 Å². The first-order valence-corrected chi connectivity index (χ1v) is 10.3. The van der Waals surface area contributed by atoms with E-state index in [2.05, 4.69) is 15.9 Å². The highest BCUT2D eigenvalue weighted by Crippen LogP contribution is 2.40. The average Bonchev–Trinajstić information content (AvgIpc) is 3.24. The maximum absolute atomic E-state index is 12.6. The number of aliphatic carboxylic acids is 1. The largest absolute Gasteiger partial charge is 0.481 e. The van der Waals surface area contributed by atoms with Crippen LogP contribution >= 0.6 is 51.2 Å². The summed E-state index contributed by atoms with van der Waals surface area (Å²) >= 11 is 11.5. The second-order valence-electron chi connectivity index (χ2n) is 5.27. The van der Waals surface area contributed by atoms with Gasteiger partial charge in [0.25, 0.3) is 5.91 Å². The fraction of sp³-hybridized carbons (Fsp3) is 0.400. The lowest BCUT2D eigenvalue weighted by molar-refractivity contribution is -0.137. The smallest absolute Gasteiger partial charge is 0.303 e. The van der Waals surface area contributed by atoms with E-state index >= 15 is 0 Å². The predicted molar refractivity (Wildman–Crippen MR) is 103 cm³/mol. The van der Waals surface area contributed by atoms with E-state index in [9.17, 15) is 9.59 Å². The van der Waals surface area contributed by atoms with Crippen molar-refractivity contribution in [1.29, 1.82) is 0 Å². The summed E-state index contributed by atoms with van der Waals surface area (Å²) in [7, 11) is 0. The van der Waals surface area contributed by atoms with Crippen molar-refractivity contribution in [3.05, 3.63) is 25.2 Å². The quantitative estimate of drug-likeness (QED) is 0.509. The number of carboxylic acid groups (broad SMARTS) is 1. The second kappa shape index (κ2) is 8.28. The van der Waals surface area contributed by atoms with E-state index in [0.717, 1.165) is 14.9 Å². The van der Waals surface area contributed by atoms with Crippen molar-refractivity contribution in [2.24, 2.45) is 0 Å². The third-order valence-corrected chi connectivity index (χ3v) is 6.86. The average molecular weight is 464 g/mol. The van der Waals surface area contributed by atoms with E-state index in [1.807, 2.05) is 5.38 Å². The highest BCUT2D eigenvalue weighted by atomic mass is 79.9. The van der Waals surface area contributed by atoms with Crippen LogP contribution in [0.4, 0.5) is 0 Å². The lowest BCUT2D eigenvalue weighted by Crippen LogP contribution is -2.29. The number of nitrogens with zero attached hydrogens (tertiary/aromatic N) is 1. The molecule has 2 fully saturated rings. The molecule has 134 valence electrons. The van der Waals surface area contributed by atoms with Crippen LogP contribution in [0.1, 0.15) is 29.6 Å². The minimum atomic E-state index is -0.884. The van der Waals surface area contributed by atoms with Gasteiger partial charge in [-0.15, -0.1) is 11.3 Å². The van der Waals surface area contributed by atoms with Crippen LogP contribution in [0.25, 0.3) is 6.08 Å². The van der Waals surface area contributed by atoms with Gasteiger partial charge in [0.05, 0.1) is 18.1 Å². The van der Waals surface area contributed by atoms with Crippen LogP contribution in [0.2, 0.25) is 0 Å². The maximum atomic E-state index is 12.6. The van der Waals surface area contributed by atoms with Gasteiger partial charge in [-0.2, -0.15) is 0 Å². The van der Waals surface area contributed by atoms with Gasteiger partial charge < -0.3 is 14.6 Å². The molecule has 10 heteroatoms. The van der Waals surface area contributed by atoms with Crippen LogP contribution in [0, 0.1) is 0 Å². The Balaban J connectivity index is 1.77. The number of amides is 1. The molecule has 1 aromatic rings. The Labute approximate surface area is 166 Å². The molecule has 0 atom stereocenters. The standard InChI is InChI=1S/C15H14BrNO5S3/c16-8-7-24-9(12(8)14-21-4-5-22-14)6-10-13(20)17(15(23)25-10)3-1-2-11(18)19/h6-7,14H,1-5H2,(H,18,19)/b10-6+. The van der Waals surface area contributed by atoms with Gasteiger partial charge >= 0.3 is 5.97 Å². The zero-order valence-electron chi connectivity index (χ0n) is 12.9. The van der Waals surface area contributed by atoms with Crippen LogP contribution in [0.3, 0.4) is 0 Å². The first kappa shape index (κ1) is 19.0. The monoisotopic (exact) mass is 463 g/mol. The lowest BCUT2D eigenvalue weighted by Gasteiger charge is -2.13. The van der Waals surface area contributed by atoms with Gasteiger partial charge in [0, 0.05) is 33.3 Å². The summed E-state index contributed by atoms with van der Waals surface area (Å²) in [6.45, 7) is 1.39. The zero-order chi connectivity index (χ0) is 18.0. The second-order valence-corrected chi connectivity index (χ2v) is 8.71. The normalized spacial score (nSPS) is 20.2. The number of thiocarbonyl (C=S) groups is 1. The SMILES string of the molecule is O=C(O)CCCN1C(=O)/C(=C\c2scc(Br)c2C2OCCO2)SC1=S. The molecule has 3 rings (SSSR count). The van der Waals surface area contributed by atoms with Gasteiger partial charge in [-0.1, -0.05) is 24.0 Å². The van der Waals surface area contributed by atoms with Gasteiger partial charge in [-0.05, 0) is 28.4 Å². The van der Waals surface area contributed by atoms with Crippen LogP contribution in [0.5, 0.6) is 0 Å². The number of ether oxygens (including phenoxy) is 2. The number of thioether (sulfide) groups is 1. The molecule has 3 heterocycles. The molecule has 6 nitrogen and oxygen atoms in total. The molecule has 1 aromatic heterocycles. The predicted octanol–water partition coefficient (Wildman–Crippen LogP) is 3.62. The van der Waals surface area contributed by atoms with Gasteiger partial charge in [-0.3, -0.25) is 14.5 Å². The topological polar surface area (TPSA) is 76.1 Å². The van der Waals surface area contributed by atoms with Crippen molar-refractivity contribution in [3.63, 3.8) is 0 Å². The number of carbonyl (C=O) groups excluding carboxylic acids is 1. The van der Waals surface area contributed by atoms with E-state index in [1.165, 1.54) is 28.0 Å². The molecule has 0 spiro atoms. The minimum Gasteiger partial charge on any atom is -0.481 e. The van der Waals surface area contributed by atoms with Crippen molar-refractivity contribution in [3.8, 4) is 0 Å². The molecule has 2 saturated heterocycles. The molecule has 0 radical (unpaired) electrons. The Hall–Kier alpha value is -0.780. The summed E-state index contributed by atoms with van der Waals surface area (Å²) in [5.41, 5.74) is 0.874. The van der Waals surface area contributed by atoms with Crippen LogP contribution in [0.15, 0.2) is 14.8 Å². The third kappa shape index (κ3) is 4.32. The summed E-state index contributed by atoms with van der Waals surface area (Å²) < 4.78 is 12.5. The molecular weight excluding hydrogens is 450 g/mol. The molecule has 1 N–H and O–H groups in total. The Bertz CT molecular complexity index is 742. The highest BCUT2D eigenvalue weighted by Gasteiger charge is 2.33. The van der Waals surface area contributed by atoms with Crippen LogP contribution in [-0.4, -0.2) is 46.0 Å². The van der Waals surface area contributed by atoms with E-state index in [4.69, 9.17) is 26.8 Å². The van der Waals surface area contributed by atoms with E-state index in [-0.39, 0.29) is 12.3 Å². The number of hydrogen-bond donors (Lipinski definition) is 1. The number of thiophene rings is 1. The Kier molecular flexibility index (Phi) is 6.29. The Morgan fingerprint density at radius 2 is 2.20 bits per heavy atom. The Morgan fingerprint density at radius 1 is 1.48 bits per heavy atom. The molecule has 0 bridgehead atoms. The first-order valence-electron chi connectivity index (χ1n) is 7.44. The minimum absolute atomic E-state index is 0.00842. The number of hydrogen-bond acceptors (Lipinski definition) is 7. The van der Waals surface area contributed by atoms with E-state index in [1.54, 1.807) is 6.08 Å². The summed E-state index contributed by atoms with van der Waals surface area (Å²) in [4.78, 5) is 26.1. The summed E-state index contributed by atoms with van der Waals surface area (Å²) in [5.74, 6) is -1.07. The highest BCUT2D eigenvalue weighted by molar-refractivity contribution is 9.10. The fourth-order valence-corrected chi connectivity index (χ4v) is 5.48. The molecule has 0 unspecified atom stereocenters. The molecule has 0 saturated carbocycles. The molecular formula is C15H14BrNO5S3. The van der Waals surface area contributed by atoms with Crippen LogP contribution in [-0.2, 0) is 19.1 Å².